The molecule has 1 aliphatic rings. The summed E-state index contributed by atoms with van der Waals surface area (Å²) in [6.07, 6.45) is -0.00362. The largest absolute Gasteiger partial charge is 0.489 e. The fourth-order valence-electron chi connectivity index (χ4n) is 3.45. The highest BCUT2D eigenvalue weighted by atomic mass is 35.5. The third-order valence-corrected chi connectivity index (χ3v) is 5.50. The van der Waals surface area contributed by atoms with E-state index in [1.807, 2.05) is 24.3 Å². The maximum atomic E-state index is 12.7. The Kier molecular flexibility index (Phi) is 6.90. The number of hydrogen-bond acceptors (Lipinski definition) is 4. The molecular formula is C25H22ClN3O4. The maximum absolute atomic E-state index is 12.7. The van der Waals surface area contributed by atoms with Crippen LogP contribution >= 0.6 is 11.6 Å². The van der Waals surface area contributed by atoms with Crippen LogP contribution in [0.5, 0.6) is 5.75 Å². The Morgan fingerprint density at radius 1 is 0.970 bits per heavy atom. The Morgan fingerprint density at radius 3 is 2.48 bits per heavy atom. The number of amides is 3. The molecule has 0 aliphatic carbocycles. The average molecular weight is 464 g/mol. The maximum Gasteiger partial charge on any atom is 0.244 e. The molecule has 0 fully saturated rings. The van der Waals surface area contributed by atoms with E-state index in [4.69, 9.17) is 16.3 Å². The van der Waals surface area contributed by atoms with Gasteiger partial charge in [0, 0.05) is 29.1 Å². The number of fused-ring (bicyclic) bond motifs is 1. The summed E-state index contributed by atoms with van der Waals surface area (Å²) in [5, 5.41) is 6.15. The van der Waals surface area contributed by atoms with Gasteiger partial charge in [-0.2, -0.15) is 0 Å². The van der Waals surface area contributed by atoms with Gasteiger partial charge in [-0.25, -0.2) is 0 Å². The first-order chi connectivity index (χ1) is 16.0. The number of carbonyl (C=O) groups is 3. The first-order valence-electron chi connectivity index (χ1n) is 10.4. The summed E-state index contributed by atoms with van der Waals surface area (Å²) in [5.41, 5.74) is 2.70. The minimum atomic E-state index is -0.289. The Morgan fingerprint density at radius 2 is 1.70 bits per heavy atom. The van der Waals surface area contributed by atoms with E-state index in [0.29, 0.717) is 34.4 Å². The van der Waals surface area contributed by atoms with Crippen molar-refractivity contribution >= 4 is 46.4 Å². The zero-order valence-corrected chi connectivity index (χ0v) is 18.5. The Hall–Kier alpha value is -3.84. The van der Waals surface area contributed by atoms with Crippen molar-refractivity contribution in [2.75, 3.05) is 22.1 Å². The van der Waals surface area contributed by atoms with Gasteiger partial charge in [0.05, 0.1) is 11.4 Å². The summed E-state index contributed by atoms with van der Waals surface area (Å²) in [5.74, 6) is -0.188. The van der Waals surface area contributed by atoms with E-state index < -0.39 is 0 Å². The standard InChI is InChI=1S/C25H22ClN3O4/c26-20-6-2-1-5-17(20)16-33-19-11-9-18(10-12-19)27-23(30)13-14-25(32)29-15-24(31)28-21-7-3-4-8-22(21)29/h1-12H,13-16H2,(H,27,30)(H,28,31). The molecule has 0 saturated heterocycles. The number of anilines is 3. The van der Waals surface area contributed by atoms with Crippen molar-refractivity contribution in [1.29, 1.82) is 0 Å². The second kappa shape index (κ2) is 10.2. The van der Waals surface area contributed by atoms with Crippen LogP contribution < -0.4 is 20.3 Å². The van der Waals surface area contributed by atoms with E-state index in [-0.39, 0.29) is 37.1 Å². The zero-order chi connectivity index (χ0) is 23.2. The first kappa shape index (κ1) is 22.4. The van der Waals surface area contributed by atoms with E-state index >= 15 is 0 Å². The monoisotopic (exact) mass is 463 g/mol. The van der Waals surface area contributed by atoms with Gasteiger partial charge in [0.2, 0.25) is 17.7 Å². The Bertz CT molecular complexity index is 1180. The van der Waals surface area contributed by atoms with Gasteiger partial charge in [-0.1, -0.05) is 41.9 Å². The zero-order valence-electron chi connectivity index (χ0n) is 17.7. The molecule has 0 saturated carbocycles. The number of carbonyl (C=O) groups excluding carboxylic acids is 3. The smallest absolute Gasteiger partial charge is 0.244 e. The van der Waals surface area contributed by atoms with Crippen LogP contribution in [0.3, 0.4) is 0 Å². The molecule has 8 heteroatoms. The molecule has 168 valence electrons. The second-order valence-electron chi connectivity index (χ2n) is 7.50. The molecule has 1 heterocycles. The molecule has 0 unspecified atom stereocenters. The number of nitrogens with zero attached hydrogens (tertiary/aromatic N) is 1. The second-order valence-corrected chi connectivity index (χ2v) is 7.91. The Balaban J connectivity index is 1.27. The molecule has 3 aromatic rings. The highest BCUT2D eigenvalue weighted by molar-refractivity contribution is 6.31. The van der Waals surface area contributed by atoms with Crippen LogP contribution in [0.25, 0.3) is 0 Å². The van der Waals surface area contributed by atoms with E-state index in [9.17, 15) is 14.4 Å². The molecule has 2 N–H and O–H groups in total. The molecule has 0 bridgehead atoms. The van der Waals surface area contributed by atoms with Crippen molar-refractivity contribution < 1.29 is 19.1 Å². The lowest BCUT2D eigenvalue weighted by molar-refractivity contribution is -0.124. The Labute approximate surface area is 196 Å². The van der Waals surface area contributed by atoms with E-state index in [1.165, 1.54) is 4.90 Å². The quantitative estimate of drug-likeness (QED) is 0.535. The molecule has 1 aliphatic heterocycles. The summed E-state index contributed by atoms with van der Waals surface area (Å²) in [4.78, 5) is 38.3. The number of nitrogens with one attached hydrogen (secondary N) is 2. The van der Waals surface area contributed by atoms with Gasteiger partial charge in [-0.05, 0) is 42.5 Å². The average Bonchev–Trinajstić information content (AvgIpc) is 2.82. The minimum Gasteiger partial charge on any atom is -0.489 e. The van der Waals surface area contributed by atoms with Crippen LogP contribution in [0, 0.1) is 0 Å². The van der Waals surface area contributed by atoms with E-state index in [1.54, 1.807) is 48.5 Å². The number of hydrogen-bond donors (Lipinski definition) is 2. The fraction of sp³-hybridized carbons (Fsp3) is 0.160. The van der Waals surface area contributed by atoms with E-state index in [2.05, 4.69) is 10.6 Å². The summed E-state index contributed by atoms with van der Waals surface area (Å²) in [7, 11) is 0. The summed E-state index contributed by atoms with van der Waals surface area (Å²) >= 11 is 6.13. The summed E-state index contributed by atoms with van der Waals surface area (Å²) in [6, 6.07) is 21.5. The van der Waals surface area contributed by atoms with Crippen LogP contribution in [0.15, 0.2) is 72.8 Å². The normalized spacial score (nSPS) is 12.5. The first-order valence-corrected chi connectivity index (χ1v) is 10.8. The topological polar surface area (TPSA) is 87.7 Å². The lowest BCUT2D eigenvalue weighted by Crippen LogP contribution is -2.42. The fourth-order valence-corrected chi connectivity index (χ4v) is 3.64. The number of para-hydroxylation sites is 2. The van der Waals surface area contributed by atoms with Crippen molar-refractivity contribution in [2.45, 2.75) is 19.4 Å². The third kappa shape index (κ3) is 5.70. The molecule has 0 aromatic heterocycles. The van der Waals surface area contributed by atoms with Crippen LogP contribution in [-0.4, -0.2) is 24.3 Å². The highest BCUT2D eigenvalue weighted by Crippen LogP contribution is 2.29. The van der Waals surface area contributed by atoms with Crippen molar-refractivity contribution in [2.24, 2.45) is 0 Å². The van der Waals surface area contributed by atoms with Crippen LogP contribution in [0.2, 0.25) is 5.02 Å². The molecule has 0 radical (unpaired) electrons. The highest BCUT2D eigenvalue weighted by Gasteiger charge is 2.26. The lowest BCUT2D eigenvalue weighted by Gasteiger charge is -2.29. The minimum absolute atomic E-state index is 0.00385. The van der Waals surface area contributed by atoms with Crippen molar-refractivity contribution in [3.63, 3.8) is 0 Å². The molecule has 0 spiro atoms. The molecule has 7 nitrogen and oxygen atoms in total. The van der Waals surface area contributed by atoms with Gasteiger partial charge in [-0.15, -0.1) is 0 Å². The molecule has 3 aromatic carbocycles. The van der Waals surface area contributed by atoms with Gasteiger partial charge in [0.1, 0.15) is 18.9 Å². The predicted octanol–water partition coefficient (Wildman–Crippen LogP) is 4.62. The van der Waals surface area contributed by atoms with Gasteiger partial charge in [0.15, 0.2) is 0 Å². The summed E-state index contributed by atoms with van der Waals surface area (Å²) < 4.78 is 5.74. The van der Waals surface area contributed by atoms with Crippen LogP contribution in [0.1, 0.15) is 18.4 Å². The predicted molar refractivity (Wildman–Crippen MR) is 128 cm³/mol. The van der Waals surface area contributed by atoms with Gasteiger partial charge < -0.3 is 20.3 Å². The number of ether oxygens (including phenoxy) is 1. The molecule has 0 atom stereocenters. The van der Waals surface area contributed by atoms with Gasteiger partial charge >= 0.3 is 0 Å². The molecule has 33 heavy (non-hydrogen) atoms. The third-order valence-electron chi connectivity index (χ3n) is 5.13. The van der Waals surface area contributed by atoms with Crippen molar-refractivity contribution in [1.82, 2.24) is 0 Å². The van der Waals surface area contributed by atoms with Crippen LogP contribution in [-0.2, 0) is 21.0 Å². The molecule has 3 amide bonds. The number of benzene rings is 3. The van der Waals surface area contributed by atoms with Crippen molar-refractivity contribution in [3.8, 4) is 5.75 Å². The number of halogens is 1. The van der Waals surface area contributed by atoms with Gasteiger partial charge in [0.25, 0.3) is 0 Å². The lowest BCUT2D eigenvalue weighted by atomic mass is 10.1. The van der Waals surface area contributed by atoms with E-state index in [0.717, 1.165) is 5.56 Å². The molecular weight excluding hydrogens is 442 g/mol. The van der Waals surface area contributed by atoms with Gasteiger partial charge in [-0.3, -0.25) is 14.4 Å². The van der Waals surface area contributed by atoms with Crippen LogP contribution in [0.4, 0.5) is 17.1 Å². The number of rotatable bonds is 7. The SMILES string of the molecule is O=C(CCC(=O)N1CC(=O)Nc2ccccc21)Nc1ccc(OCc2ccccc2Cl)cc1. The summed E-state index contributed by atoms with van der Waals surface area (Å²) in [6.45, 7) is 0.276. The van der Waals surface area contributed by atoms with Crippen molar-refractivity contribution in [3.05, 3.63) is 83.4 Å². The molecule has 4 rings (SSSR count).